The number of anilines is 1. The Morgan fingerprint density at radius 2 is 2.00 bits per heavy atom. The van der Waals surface area contributed by atoms with Crippen molar-refractivity contribution in [2.24, 2.45) is 10.9 Å². The molecule has 1 unspecified atom stereocenters. The summed E-state index contributed by atoms with van der Waals surface area (Å²) in [5, 5.41) is 20.6. The zero-order valence-electron chi connectivity index (χ0n) is 17.5. The van der Waals surface area contributed by atoms with Crippen LogP contribution in [0.15, 0.2) is 29.3 Å². The highest BCUT2D eigenvalue weighted by Crippen LogP contribution is 2.21. The first-order chi connectivity index (χ1) is 13.9. The molecule has 2 aromatic rings. The normalized spacial score (nSPS) is 12.7. The van der Waals surface area contributed by atoms with E-state index in [1.165, 1.54) is 16.8 Å². The van der Waals surface area contributed by atoms with Gasteiger partial charge in [0.15, 0.2) is 5.96 Å². The molecule has 8 heteroatoms. The molecule has 0 saturated heterocycles. The summed E-state index contributed by atoms with van der Waals surface area (Å²) in [6, 6.07) is 8.28. The van der Waals surface area contributed by atoms with Crippen LogP contribution in [0.5, 0.6) is 0 Å². The van der Waals surface area contributed by atoms with Gasteiger partial charge in [-0.2, -0.15) is 10.4 Å². The molecule has 0 aliphatic carbocycles. The van der Waals surface area contributed by atoms with E-state index in [2.05, 4.69) is 47.6 Å². The first-order valence-electron chi connectivity index (χ1n) is 9.95. The summed E-state index contributed by atoms with van der Waals surface area (Å²) in [6.07, 6.45) is 1.30. The zero-order valence-corrected chi connectivity index (χ0v) is 17.5. The number of aryl methyl sites for hydroxylation is 1. The number of nitrogens with one attached hydrogen (secondary N) is 2. The number of benzene rings is 1. The molecule has 2 rings (SSSR count). The molecule has 0 saturated carbocycles. The van der Waals surface area contributed by atoms with Crippen molar-refractivity contribution in [2.75, 3.05) is 18.8 Å². The Bertz CT molecular complexity index is 862. The van der Waals surface area contributed by atoms with Crippen molar-refractivity contribution in [3.05, 3.63) is 41.3 Å². The van der Waals surface area contributed by atoms with Gasteiger partial charge in [0.25, 0.3) is 0 Å². The first kappa shape index (κ1) is 22.2. The predicted molar refractivity (Wildman–Crippen MR) is 114 cm³/mol. The Balaban J connectivity index is 2.07. The van der Waals surface area contributed by atoms with Gasteiger partial charge in [0.1, 0.15) is 23.3 Å². The maximum atomic E-state index is 13.2. The van der Waals surface area contributed by atoms with Crippen LogP contribution in [-0.2, 0) is 6.42 Å². The fourth-order valence-electron chi connectivity index (χ4n) is 2.69. The summed E-state index contributed by atoms with van der Waals surface area (Å²) in [7, 11) is 0. The molecule has 29 heavy (non-hydrogen) atoms. The summed E-state index contributed by atoms with van der Waals surface area (Å²) >= 11 is 0. The second kappa shape index (κ2) is 10.5. The molecule has 1 heterocycles. The van der Waals surface area contributed by atoms with Gasteiger partial charge < -0.3 is 16.4 Å². The molecule has 0 bridgehead atoms. The molecule has 4 N–H and O–H groups in total. The van der Waals surface area contributed by atoms with Gasteiger partial charge in [0.05, 0.1) is 11.4 Å². The molecular formula is C21H30FN7. The summed E-state index contributed by atoms with van der Waals surface area (Å²) < 4.78 is 14.6. The van der Waals surface area contributed by atoms with E-state index in [-0.39, 0.29) is 11.6 Å². The molecule has 1 aromatic carbocycles. The van der Waals surface area contributed by atoms with E-state index in [9.17, 15) is 9.65 Å². The average molecular weight is 400 g/mol. The van der Waals surface area contributed by atoms with Crippen molar-refractivity contribution in [3.63, 3.8) is 0 Å². The lowest BCUT2D eigenvalue weighted by Gasteiger charge is -2.20. The Kier molecular flexibility index (Phi) is 8.01. The standard InChI is InChI=1S/C21H30FN7/c1-5-25-21(27-15(4)14(2)3)26-12-6-7-19-18(13-23)20(24)29(28-19)17-10-8-16(22)9-11-17/h8-11,14-15H,5-7,12,24H2,1-4H3,(H2,25,26,27). The molecule has 1 atom stereocenters. The van der Waals surface area contributed by atoms with Gasteiger partial charge in [0, 0.05) is 19.1 Å². The van der Waals surface area contributed by atoms with Crippen LogP contribution in [-0.4, -0.2) is 34.9 Å². The van der Waals surface area contributed by atoms with Gasteiger partial charge in [-0.1, -0.05) is 13.8 Å². The van der Waals surface area contributed by atoms with Crippen LogP contribution in [0.3, 0.4) is 0 Å². The molecule has 0 aliphatic rings. The summed E-state index contributed by atoms with van der Waals surface area (Å²) in [5.41, 5.74) is 7.69. The van der Waals surface area contributed by atoms with Crippen LogP contribution in [0.1, 0.15) is 45.4 Å². The number of nitriles is 1. The van der Waals surface area contributed by atoms with Gasteiger partial charge in [-0.3, -0.25) is 4.99 Å². The summed E-state index contributed by atoms with van der Waals surface area (Å²) in [6.45, 7) is 9.85. The van der Waals surface area contributed by atoms with Crippen molar-refractivity contribution in [2.45, 2.75) is 46.6 Å². The molecule has 0 fully saturated rings. The van der Waals surface area contributed by atoms with Crippen LogP contribution in [0.25, 0.3) is 5.69 Å². The molecule has 156 valence electrons. The van der Waals surface area contributed by atoms with Gasteiger partial charge in [-0.05, 0) is 56.9 Å². The van der Waals surface area contributed by atoms with E-state index in [0.29, 0.717) is 41.9 Å². The molecular weight excluding hydrogens is 369 g/mol. The number of hydrogen-bond donors (Lipinski definition) is 3. The van der Waals surface area contributed by atoms with Crippen LogP contribution >= 0.6 is 0 Å². The highest BCUT2D eigenvalue weighted by atomic mass is 19.1. The Hall–Kier alpha value is -3.08. The summed E-state index contributed by atoms with van der Waals surface area (Å²) in [4.78, 5) is 4.61. The smallest absolute Gasteiger partial charge is 0.191 e. The van der Waals surface area contributed by atoms with Gasteiger partial charge in [0.2, 0.25) is 0 Å². The van der Waals surface area contributed by atoms with Crippen molar-refractivity contribution in [3.8, 4) is 11.8 Å². The van der Waals surface area contributed by atoms with Gasteiger partial charge in [-0.15, -0.1) is 0 Å². The van der Waals surface area contributed by atoms with E-state index in [0.717, 1.165) is 18.9 Å². The van der Waals surface area contributed by atoms with Gasteiger partial charge >= 0.3 is 0 Å². The number of nitrogen functional groups attached to an aromatic ring is 1. The third-order valence-corrected chi connectivity index (χ3v) is 4.73. The molecule has 0 radical (unpaired) electrons. The van der Waals surface area contributed by atoms with Crippen LogP contribution in [0.2, 0.25) is 0 Å². The van der Waals surface area contributed by atoms with Crippen molar-refractivity contribution >= 4 is 11.8 Å². The van der Waals surface area contributed by atoms with E-state index in [1.54, 1.807) is 12.1 Å². The minimum absolute atomic E-state index is 0.262. The molecule has 0 spiro atoms. The lowest BCUT2D eigenvalue weighted by molar-refractivity contribution is 0.481. The minimum Gasteiger partial charge on any atom is -0.382 e. The minimum atomic E-state index is -0.338. The number of nitrogens with two attached hydrogens (primary N) is 1. The maximum Gasteiger partial charge on any atom is 0.191 e. The van der Waals surface area contributed by atoms with Gasteiger partial charge in [-0.25, -0.2) is 9.07 Å². The van der Waals surface area contributed by atoms with Crippen molar-refractivity contribution in [1.29, 1.82) is 5.26 Å². The Morgan fingerprint density at radius 3 is 2.59 bits per heavy atom. The maximum absolute atomic E-state index is 13.2. The summed E-state index contributed by atoms with van der Waals surface area (Å²) in [5.74, 6) is 1.20. The number of aromatic nitrogens is 2. The van der Waals surface area contributed by atoms with Crippen molar-refractivity contribution in [1.82, 2.24) is 20.4 Å². The number of hydrogen-bond acceptors (Lipinski definition) is 4. The van der Waals surface area contributed by atoms with E-state index in [4.69, 9.17) is 5.73 Å². The fraction of sp³-hybridized carbons (Fsp3) is 0.476. The number of aliphatic imine (C=N–C) groups is 1. The van der Waals surface area contributed by atoms with Crippen LogP contribution in [0.4, 0.5) is 10.2 Å². The first-order valence-corrected chi connectivity index (χ1v) is 9.95. The monoisotopic (exact) mass is 399 g/mol. The number of halogens is 1. The van der Waals surface area contributed by atoms with Crippen molar-refractivity contribution < 1.29 is 4.39 Å². The average Bonchev–Trinajstić information content (AvgIpc) is 3.01. The Morgan fingerprint density at radius 1 is 1.31 bits per heavy atom. The van der Waals surface area contributed by atoms with Crippen LogP contribution in [0, 0.1) is 23.1 Å². The number of guanidine groups is 1. The SMILES string of the molecule is CCNC(=NCCCc1nn(-c2ccc(F)cc2)c(N)c1C#N)NC(C)C(C)C. The predicted octanol–water partition coefficient (Wildman–Crippen LogP) is 3.00. The molecule has 7 nitrogen and oxygen atoms in total. The molecule has 1 aromatic heterocycles. The highest BCUT2D eigenvalue weighted by molar-refractivity contribution is 5.80. The largest absolute Gasteiger partial charge is 0.382 e. The van der Waals surface area contributed by atoms with E-state index >= 15 is 0 Å². The van der Waals surface area contributed by atoms with E-state index < -0.39 is 0 Å². The quantitative estimate of drug-likeness (QED) is 0.360. The van der Waals surface area contributed by atoms with Crippen LogP contribution < -0.4 is 16.4 Å². The highest BCUT2D eigenvalue weighted by Gasteiger charge is 2.16. The zero-order chi connectivity index (χ0) is 21.4. The lowest BCUT2D eigenvalue weighted by Crippen LogP contribution is -2.44. The second-order valence-corrected chi connectivity index (χ2v) is 7.25. The number of nitrogens with zero attached hydrogens (tertiary/aromatic N) is 4. The van der Waals surface area contributed by atoms with E-state index in [1.807, 2.05) is 6.92 Å². The molecule has 0 amide bonds. The Labute approximate surface area is 171 Å². The second-order valence-electron chi connectivity index (χ2n) is 7.25. The third-order valence-electron chi connectivity index (χ3n) is 4.73. The fourth-order valence-corrected chi connectivity index (χ4v) is 2.69. The molecule has 0 aliphatic heterocycles. The lowest BCUT2D eigenvalue weighted by atomic mass is 10.1. The third kappa shape index (κ3) is 5.95. The number of rotatable bonds is 8. The topological polar surface area (TPSA) is 104 Å².